The first-order valence-corrected chi connectivity index (χ1v) is 6.60. The van der Waals surface area contributed by atoms with Gasteiger partial charge in [-0.05, 0) is 52.0 Å². The zero-order valence-electron chi connectivity index (χ0n) is 11.9. The topological polar surface area (TPSA) is 21.3 Å². The van der Waals surface area contributed by atoms with Gasteiger partial charge in [0.2, 0.25) is 0 Å². The van der Waals surface area contributed by atoms with Gasteiger partial charge in [0.25, 0.3) is 0 Å². The molecule has 1 fully saturated rings. The van der Waals surface area contributed by atoms with Crippen molar-refractivity contribution in [2.24, 2.45) is 5.41 Å². The molecule has 2 nitrogen and oxygen atoms in total. The molecule has 0 amide bonds. The van der Waals surface area contributed by atoms with Crippen molar-refractivity contribution in [3.63, 3.8) is 0 Å². The van der Waals surface area contributed by atoms with Gasteiger partial charge in [0.15, 0.2) is 0 Å². The molecule has 0 saturated carbocycles. The van der Waals surface area contributed by atoms with Gasteiger partial charge in [0.05, 0.1) is 11.7 Å². The standard InChI is InChI=1S/C14H29NO/c1-13(2,3)12(15-6)8-7-11-9-10-14(4,5)16-11/h11-12,15H,7-10H2,1-6H3. The smallest absolute Gasteiger partial charge is 0.0631 e. The highest BCUT2D eigenvalue weighted by molar-refractivity contribution is 4.84. The first-order valence-electron chi connectivity index (χ1n) is 6.60. The third-order valence-corrected chi connectivity index (χ3v) is 3.73. The van der Waals surface area contributed by atoms with Crippen molar-refractivity contribution in [1.29, 1.82) is 0 Å². The predicted octanol–water partition coefficient (Wildman–Crippen LogP) is 3.36. The summed E-state index contributed by atoms with van der Waals surface area (Å²) in [5.74, 6) is 0. The second-order valence-electron chi connectivity index (χ2n) is 6.82. The molecule has 1 heterocycles. The third-order valence-electron chi connectivity index (χ3n) is 3.73. The normalized spacial score (nSPS) is 27.0. The van der Waals surface area contributed by atoms with E-state index in [4.69, 9.17) is 4.74 Å². The summed E-state index contributed by atoms with van der Waals surface area (Å²) in [7, 11) is 2.06. The van der Waals surface area contributed by atoms with Gasteiger partial charge in [-0.1, -0.05) is 20.8 Å². The zero-order valence-corrected chi connectivity index (χ0v) is 11.9. The van der Waals surface area contributed by atoms with Crippen molar-refractivity contribution in [2.45, 2.75) is 78.0 Å². The highest BCUT2D eigenvalue weighted by Gasteiger charge is 2.32. The summed E-state index contributed by atoms with van der Waals surface area (Å²) in [5.41, 5.74) is 0.449. The second kappa shape index (κ2) is 5.05. The number of ether oxygens (including phenoxy) is 1. The highest BCUT2D eigenvalue weighted by atomic mass is 16.5. The maximum absolute atomic E-state index is 6.03. The van der Waals surface area contributed by atoms with Crippen LogP contribution in [0.5, 0.6) is 0 Å². The molecule has 0 bridgehead atoms. The molecule has 1 saturated heterocycles. The van der Waals surface area contributed by atoms with E-state index in [0.29, 0.717) is 17.6 Å². The molecule has 1 aliphatic heterocycles. The summed E-state index contributed by atoms with van der Waals surface area (Å²) in [6.07, 6.45) is 5.31. The molecule has 16 heavy (non-hydrogen) atoms. The summed E-state index contributed by atoms with van der Waals surface area (Å²) >= 11 is 0. The summed E-state index contributed by atoms with van der Waals surface area (Å²) in [6, 6.07) is 0.583. The first-order chi connectivity index (χ1) is 7.24. The van der Waals surface area contributed by atoms with Crippen molar-refractivity contribution in [3.8, 4) is 0 Å². The van der Waals surface area contributed by atoms with Crippen molar-refractivity contribution < 1.29 is 4.74 Å². The van der Waals surface area contributed by atoms with E-state index in [9.17, 15) is 0 Å². The van der Waals surface area contributed by atoms with E-state index in [1.807, 2.05) is 0 Å². The molecule has 0 spiro atoms. The average molecular weight is 227 g/mol. The average Bonchev–Trinajstić information content (AvgIpc) is 2.44. The Balaban J connectivity index is 2.34. The van der Waals surface area contributed by atoms with Crippen molar-refractivity contribution in [1.82, 2.24) is 5.32 Å². The van der Waals surface area contributed by atoms with E-state index in [-0.39, 0.29) is 5.60 Å². The second-order valence-corrected chi connectivity index (χ2v) is 6.82. The maximum Gasteiger partial charge on any atom is 0.0631 e. The van der Waals surface area contributed by atoms with Gasteiger partial charge >= 0.3 is 0 Å². The van der Waals surface area contributed by atoms with Crippen LogP contribution in [0.25, 0.3) is 0 Å². The van der Waals surface area contributed by atoms with E-state index in [1.54, 1.807) is 0 Å². The van der Waals surface area contributed by atoms with Crippen LogP contribution in [-0.4, -0.2) is 24.8 Å². The Kier molecular flexibility index (Phi) is 4.42. The Bertz CT molecular complexity index is 217. The van der Waals surface area contributed by atoms with Gasteiger partial charge in [-0.25, -0.2) is 0 Å². The minimum Gasteiger partial charge on any atom is -0.372 e. The Morgan fingerprint density at radius 3 is 2.38 bits per heavy atom. The minimum absolute atomic E-state index is 0.113. The molecule has 2 heteroatoms. The number of hydrogen-bond donors (Lipinski definition) is 1. The van der Waals surface area contributed by atoms with Crippen LogP contribution >= 0.6 is 0 Å². The van der Waals surface area contributed by atoms with E-state index in [0.717, 1.165) is 0 Å². The van der Waals surface area contributed by atoms with Crippen LogP contribution in [0, 0.1) is 5.41 Å². The molecule has 1 aliphatic rings. The Hall–Kier alpha value is -0.0800. The van der Waals surface area contributed by atoms with E-state index in [2.05, 4.69) is 47.0 Å². The third kappa shape index (κ3) is 4.06. The lowest BCUT2D eigenvalue weighted by atomic mass is 9.83. The largest absolute Gasteiger partial charge is 0.372 e. The molecule has 0 aromatic carbocycles. The molecule has 1 N–H and O–H groups in total. The molecule has 2 unspecified atom stereocenters. The van der Waals surface area contributed by atoms with Crippen LogP contribution in [0.3, 0.4) is 0 Å². The molecule has 1 rings (SSSR count). The molecule has 2 atom stereocenters. The lowest BCUT2D eigenvalue weighted by Crippen LogP contribution is -2.38. The minimum atomic E-state index is 0.113. The van der Waals surface area contributed by atoms with E-state index in [1.165, 1.54) is 25.7 Å². The summed E-state index contributed by atoms with van der Waals surface area (Å²) < 4.78 is 6.03. The van der Waals surface area contributed by atoms with Crippen molar-refractivity contribution >= 4 is 0 Å². The SMILES string of the molecule is CNC(CCC1CCC(C)(C)O1)C(C)(C)C. The molecule has 0 aromatic heterocycles. The van der Waals surface area contributed by atoms with Gasteiger partial charge < -0.3 is 10.1 Å². The number of hydrogen-bond acceptors (Lipinski definition) is 2. The molecular weight excluding hydrogens is 198 g/mol. The lowest BCUT2D eigenvalue weighted by Gasteiger charge is -2.31. The van der Waals surface area contributed by atoms with Gasteiger partial charge in [-0.2, -0.15) is 0 Å². The highest BCUT2D eigenvalue weighted by Crippen LogP contribution is 2.33. The number of nitrogens with one attached hydrogen (secondary N) is 1. The maximum atomic E-state index is 6.03. The van der Waals surface area contributed by atoms with Crippen LogP contribution in [0.2, 0.25) is 0 Å². The fourth-order valence-corrected chi connectivity index (χ4v) is 2.64. The molecule has 0 aliphatic carbocycles. The van der Waals surface area contributed by atoms with Gasteiger partial charge in [0.1, 0.15) is 0 Å². The fraction of sp³-hybridized carbons (Fsp3) is 1.00. The Morgan fingerprint density at radius 2 is 2.00 bits per heavy atom. The van der Waals surface area contributed by atoms with Crippen LogP contribution in [0.1, 0.15) is 60.3 Å². The molecule has 0 aromatic rings. The molecule has 96 valence electrons. The monoisotopic (exact) mass is 227 g/mol. The van der Waals surface area contributed by atoms with E-state index < -0.39 is 0 Å². The molecule has 0 radical (unpaired) electrons. The van der Waals surface area contributed by atoms with Gasteiger partial charge in [-0.15, -0.1) is 0 Å². The summed E-state index contributed by atoms with van der Waals surface area (Å²) in [4.78, 5) is 0. The Labute approximate surface area is 101 Å². The molecular formula is C14H29NO. The summed E-state index contributed by atoms with van der Waals surface area (Å²) in [6.45, 7) is 11.3. The first kappa shape index (κ1) is 14.0. The Morgan fingerprint density at radius 1 is 1.38 bits per heavy atom. The van der Waals surface area contributed by atoms with E-state index >= 15 is 0 Å². The van der Waals surface area contributed by atoms with Crippen molar-refractivity contribution in [2.75, 3.05) is 7.05 Å². The number of rotatable bonds is 4. The van der Waals surface area contributed by atoms with Gasteiger partial charge in [0, 0.05) is 6.04 Å². The summed E-state index contributed by atoms with van der Waals surface area (Å²) in [5, 5.41) is 3.43. The fourth-order valence-electron chi connectivity index (χ4n) is 2.64. The van der Waals surface area contributed by atoms with Crippen molar-refractivity contribution in [3.05, 3.63) is 0 Å². The predicted molar refractivity (Wildman–Crippen MR) is 69.7 cm³/mol. The van der Waals surface area contributed by atoms with Crippen LogP contribution in [0.15, 0.2) is 0 Å². The quantitative estimate of drug-likeness (QED) is 0.795. The van der Waals surface area contributed by atoms with Gasteiger partial charge in [-0.3, -0.25) is 0 Å². The zero-order chi connectivity index (χ0) is 12.4. The van der Waals surface area contributed by atoms with Crippen LogP contribution < -0.4 is 5.32 Å². The van der Waals surface area contributed by atoms with Crippen LogP contribution in [0.4, 0.5) is 0 Å². The van der Waals surface area contributed by atoms with Crippen LogP contribution in [-0.2, 0) is 4.74 Å². The lowest BCUT2D eigenvalue weighted by molar-refractivity contribution is -0.0209.